The summed E-state index contributed by atoms with van der Waals surface area (Å²) in [5.74, 6) is 0.967. The average molecular weight is 433 g/mol. The molecule has 0 aliphatic carbocycles. The van der Waals surface area contributed by atoms with Gasteiger partial charge >= 0.3 is 6.09 Å². The fourth-order valence-electron chi connectivity index (χ4n) is 3.30. The lowest BCUT2D eigenvalue weighted by molar-refractivity contribution is 0.0615. The Morgan fingerprint density at radius 1 is 1.45 bits per heavy atom. The predicted molar refractivity (Wildman–Crippen MR) is 108 cm³/mol. The fraction of sp³-hybridized carbons (Fsp3) is 0.474. The second kappa shape index (κ2) is 8.86. The zero-order chi connectivity index (χ0) is 22.0. The number of hydrogen-bond acceptors (Lipinski definition) is 8. The smallest absolute Gasteiger partial charge is 0.407 e. The van der Waals surface area contributed by atoms with Crippen molar-refractivity contribution in [2.24, 2.45) is 0 Å². The Morgan fingerprint density at radius 2 is 2.29 bits per heavy atom. The van der Waals surface area contributed by atoms with Gasteiger partial charge in [-0.2, -0.15) is 10.2 Å². The molecule has 12 heteroatoms. The topological polar surface area (TPSA) is 128 Å². The maximum atomic E-state index is 14.8. The number of nitrogens with one attached hydrogen (secondary N) is 3. The molecule has 166 valence electrons. The van der Waals surface area contributed by atoms with Crippen molar-refractivity contribution in [1.29, 1.82) is 0 Å². The van der Waals surface area contributed by atoms with Crippen LogP contribution in [0.3, 0.4) is 0 Å². The molecule has 4 rings (SSSR count). The minimum absolute atomic E-state index is 0.0436. The predicted octanol–water partition coefficient (Wildman–Crippen LogP) is 2.25. The zero-order valence-electron chi connectivity index (χ0n) is 17.3. The van der Waals surface area contributed by atoms with Crippen LogP contribution < -0.4 is 10.6 Å². The number of rotatable bonds is 7. The van der Waals surface area contributed by atoms with Gasteiger partial charge in [0.1, 0.15) is 11.6 Å². The molecule has 31 heavy (non-hydrogen) atoms. The van der Waals surface area contributed by atoms with Gasteiger partial charge in [0.05, 0.1) is 24.6 Å². The van der Waals surface area contributed by atoms with Gasteiger partial charge in [-0.1, -0.05) is 0 Å². The monoisotopic (exact) mass is 433 g/mol. The van der Waals surface area contributed by atoms with Crippen molar-refractivity contribution in [2.75, 3.05) is 19.0 Å². The first-order valence-corrected chi connectivity index (χ1v) is 9.82. The summed E-state index contributed by atoms with van der Waals surface area (Å²) < 4.78 is 32.3. The highest BCUT2D eigenvalue weighted by Gasteiger charge is 2.42. The summed E-state index contributed by atoms with van der Waals surface area (Å²) >= 11 is 0. The van der Waals surface area contributed by atoms with Crippen LogP contribution in [0.4, 0.5) is 20.8 Å². The van der Waals surface area contributed by atoms with Crippen molar-refractivity contribution in [3.63, 3.8) is 0 Å². The summed E-state index contributed by atoms with van der Waals surface area (Å²) in [6.45, 7) is 3.92. The van der Waals surface area contributed by atoms with Gasteiger partial charge in [0.25, 0.3) is 0 Å². The number of fused-ring (bicyclic) bond motifs is 1. The molecule has 1 aliphatic heterocycles. The molecule has 0 saturated carbocycles. The quantitative estimate of drug-likeness (QED) is 0.518. The first-order chi connectivity index (χ1) is 14.9. The lowest BCUT2D eigenvalue weighted by Crippen LogP contribution is -2.36. The molecule has 11 nitrogen and oxygen atoms in total. The molecule has 3 atom stereocenters. The molecule has 0 unspecified atom stereocenters. The molecular formula is C19H24FN7O4. The molecule has 4 heterocycles. The summed E-state index contributed by atoms with van der Waals surface area (Å²) in [6, 6.07) is 3.38. The second-order valence-electron chi connectivity index (χ2n) is 7.45. The van der Waals surface area contributed by atoms with Crippen LogP contribution in [0.2, 0.25) is 0 Å². The molecular weight excluding hydrogens is 409 g/mol. The number of ether oxygens (including phenoxy) is 3. The number of H-pyrrole nitrogens is 1. The SMILES string of the molecule is COCc1cc2c(Nc3cc([C@@H]4OC[C@H](OC(=O)NC(C)C)[C@H]4F)[nH]n3)nccn2n1. The summed E-state index contributed by atoms with van der Waals surface area (Å²) in [4.78, 5) is 16.1. The third-order valence-electron chi connectivity index (χ3n) is 4.63. The standard InChI is InChI=1S/C19H24FN7O4/c1-10(2)22-19(28)31-14-9-30-17(16(14)20)12-7-15(25-24-12)23-18-13-6-11(8-29-3)26-27(13)5-4-21-18/h4-7,10,14,16-17H,8-9H2,1-3H3,(H,22,28)(H2,21,23,24,25)/t14-,16+,17-/m0/s1. The van der Waals surface area contributed by atoms with Crippen LogP contribution in [-0.4, -0.2) is 62.9 Å². The molecule has 3 N–H and O–H groups in total. The zero-order valence-corrected chi connectivity index (χ0v) is 17.3. The number of amides is 1. The third-order valence-corrected chi connectivity index (χ3v) is 4.63. The number of alkyl halides is 1. The molecule has 0 radical (unpaired) electrons. The Bertz CT molecular complexity index is 1050. The molecule has 3 aromatic heterocycles. The number of carbonyl (C=O) groups excluding carboxylic acids is 1. The molecule has 1 amide bonds. The molecule has 0 aromatic carbocycles. The number of methoxy groups -OCH3 is 1. The highest BCUT2D eigenvalue weighted by molar-refractivity contribution is 5.72. The summed E-state index contributed by atoms with van der Waals surface area (Å²) in [7, 11) is 1.60. The van der Waals surface area contributed by atoms with E-state index in [9.17, 15) is 9.18 Å². The van der Waals surface area contributed by atoms with Crippen molar-refractivity contribution in [2.45, 2.75) is 44.9 Å². The number of halogens is 1. The third kappa shape index (κ3) is 4.59. The van der Waals surface area contributed by atoms with Gasteiger partial charge in [0.2, 0.25) is 0 Å². The number of hydrogen-bond donors (Lipinski definition) is 3. The van der Waals surface area contributed by atoms with Crippen LogP contribution in [0.15, 0.2) is 24.5 Å². The van der Waals surface area contributed by atoms with Gasteiger partial charge in [-0.15, -0.1) is 0 Å². The van der Waals surface area contributed by atoms with Gasteiger partial charge in [-0.05, 0) is 19.9 Å². The molecule has 0 spiro atoms. The van der Waals surface area contributed by atoms with E-state index in [-0.39, 0.29) is 12.6 Å². The van der Waals surface area contributed by atoms with E-state index in [1.165, 1.54) is 0 Å². The van der Waals surface area contributed by atoms with Crippen LogP contribution >= 0.6 is 0 Å². The largest absolute Gasteiger partial charge is 0.441 e. The minimum Gasteiger partial charge on any atom is -0.441 e. The molecule has 1 aliphatic rings. The van der Waals surface area contributed by atoms with E-state index in [0.717, 1.165) is 11.2 Å². The van der Waals surface area contributed by atoms with Crippen molar-refractivity contribution in [1.82, 2.24) is 30.1 Å². The van der Waals surface area contributed by atoms with E-state index in [4.69, 9.17) is 14.2 Å². The van der Waals surface area contributed by atoms with Crippen molar-refractivity contribution in [3.05, 3.63) is 35.9 Å². The summed E-state index contributed by atoms with van der Waals surface area (Å²) in [5.41, 5.74) is 1.92. The van der Waals surface area contributed by atoms with Gasteiger partial charge in [-0.3, -0.25) is 5.10 Å². The Labute approximate surface area is 177 Å². The first kappa shape index (κ1) is 21.0. The molecule has 0 bridgehead atoms. The Balaban J connectivity index is 1.44. The lowest BCUT2D eigenvalue weighted by atomic mass is 10.1. The molecule has 1 saturated heterocycles. The van der Waals surface area contributed by atoms with Crippen molar-refractivity contribution in [3.8, 4) is 0 Å². The van der Waals surface area contributed by atoms with E-state index in [1.807, 2.05) is 6.07 Å². The van der Waals surface area contributed by atoms with E-state index in [1.54, 1.807) is 43.9 Å². The normalized spacial score (nSPS) is 21.0. The Hall–Kier alpha value is -3.25. The minimum atomic E-state index is -1.53. The number of aromatic nitrogens is 5. The van der Waals surface area contributed by atoms with E-state index >= 15 is 0 Å². The van der Waals surface area contributed by atoms with Gasteiger partial charge in [-0.25, -0.2) is 18.7 Å². The van der Waals surface area contributed by atoms with E-state index in [0.29, 0.717) is 23.9 Å². The molecule has 3 aromatic rings. The van der Waals surface area contributed by atoms with E-state index in [2.05, 4.69) is 30.9 Å². The summed E-state index contributed by atoms with van der Waals surface area (Å²) in [6.07, 6.45) is -0.790. The van der Waals surface area contributed by atoms with Crippen LogP contribution in [0.5, 0.6) is 0 Å². The fourth-order valence-corrected chi connectivity index (χ4v) is 3.30. The van der Waals surface area contributed by atoms with Gasteiger partial charge in [0, 0.05) is 31.6 Å². The van der Waals surface area contributed by atoms with Gasteiger partial charge in [0.15, 0.2) is 23.9 Å². The van der Waals surface area contributed by atoms with Crippen molar-refractivity contribution < 1.29 is 23.4 Å². The van der Waals surface area contributed by atoms with Crippen molar-refractivity contribution >= 4 is 23.2 Å². The number of alkyl carbamates (subject to hydrolysis) is 1. The maximum absolute atomic E-state index is 14.8. The number of anilines is 2. The maximum Gasteiger partial charge on any atom is 0.407 e. The molecule has 1 fully saturated rings. The Kier molecular flexibility index (Phi) is 6.00. The van der Waals surface area contributed by atoms with Crippen LogP contribution in [-0.2, 0) is 20.8 Å². The van der Waals surface area contributed by atoms with E-state index < -0.39 is 24.5 Å². The number of aromatic amines is 1. The van der Waals surface area contributed by atoms with Gasteiger partial charge < -0.3 is 24.8 Å². The second-order valence-corrected chi connectivity index (χ2v) is 7.45. The highest BCUT2D eigenvalue weighted by atomic mass is 19.1. The lowest BCUT2D eigenvalue weighted by Gasteiger charge is -2.16. The summed E-state index contributed by atoms with van der Waals surface area (Å²) in [5, 5.41) is 17.0. The number of carbonyl (C=O) groups is 1. The Morgan fingerprint density at radius 3 is 3.06 bits per heavy atom. The highest BCUT2D eigenvalue weighted by Crippen LogP contribution is 2.33. The first-order valence-electron chi connectivity index (χ1n) is 9.82. The number of nitrogens with zero attached hydrogens (tertiary/aromatic N) is 4. The van der Waals surface area contributed by atoms with Crippen LogP contribution in [0.1, 0.15) is 31.3 Å². The van der Waals surface area contributed by atoms with Crippen LogP contribution in [0, 0.1) is 0 Å². The average Bonchev–Trinajstić information content (AvgIpc) is 3.41. The van der Waals surface area contributed by atoms with Crippen LogP contribution in [0.25, 0.3) is 5.52 Å².